The molecule has 0 aromatic heterocycles. The molecule has 156 valence electrons. The van der Waals surface area contributed by atoms with E-state index >= 15 is 0 Å². The average molecular weight is 420 g/mol. The van der Waals surface area contributed by atoms with Gasteiger partial charge >= 0.3 is 0 Å². The number of hydrogen-bond acceptors (Lipinski definition) is 5. The topological polar surface area (TPSA) is 114 Å². The van der Waals surface area contributed by atoms with Gasteiger partial charge in [0, 0.05) is 17.8 Å². The second kappa shape index (κ2) is 9.92. The van der Waals surface area contributed by atoms with E-state index in [9.17, 15) is 18.0 Å². The smallest absolute Gasteiger partial charge is 0.261 e. The molecule has 2 aromatic carbocycles. The van der Waals surface area contributed by atoms with Crippen molar-refractivity contribution in [3.05, 3.63) is 54.1 Å². The largest absolute Gasteiger partial charge is 0.494 e. The fourth-order valence-corrected chi connectivity index (χ4v) is 3.54. The minimum absolute atomic E-state index is 0.0701. The molecule has 3 N–H and O–H groups in total. The molecule has 0 bridgehead atoms. The van der Waals surface area contributed by atoms with Gasteiger partial charge in [-0.3, -0.25) is 14.3 Å². The monoisotopic (exact) mass is 419 g/mol. The highest BCUT2D eigenvalue weighted by Gasteiger charge is 2.18. The van der Waals surface area contributed by atoms with Crippen LogP contribution in [-0.2, 0) is 14.8 Å². The molecule has 2 rings (SSSR count). The number of nitrogens with one attached hydrogen (secondary N) is 3. The first kappa shape index (κ1) is 22.2. The number of amides is 2. The maximum Gasteiger partial charge on any atom is 0.261 e. The number of hydrogen-bond donors (Lipinski definition) is 3. The van der Waals surface area contributed by atoms with Gasteiger partial charge in [0.15, 0.2) is 0 Å². The third kappa shape index (κ3) is 6.21. The van der Waals surface area contributed by atoms with Crippen molar-refractivity contribution >= 4 is 27.5 Å². The van der Waals surface area contributed by atoms with Gasteiger partial charge in [-0.25, -0.2) is 8.42 Å². The van der Waals surface area contributed by atoms with Crippen LogP contribution in [0.3, 0.4) is 0 Å². The quantitative estimate of drug-likeness (QED) is 0.576. The second-order valence-electron chi connectivity index (χ2n) is 6.18. The molecule has 0 saturated carbocycles. The van der Waals surface area contributed by atoms with Gasteiger partial charge in [0.1, 0.15) is 11.8 Å². The zero-order chi connectivity index (χ0) is 21.4. The molecular formula is C20H25N3O5S. The zero-order valence-electron chi connectivity index (χ0n) is 16.6. The number of likely N-dealkylation sites (N-methyl/N-ethyl adjacent to an activating group) is 1. The number of anilines is 1. The molecule has 29 heavy (non-hydrogen) atoms. The third-order valence-electron chi connectivity index (χ3n) is 3.91. The molecular weight excluding hydrogens is 394 g/mol. The van der Waals surface area contributed by atoms with E-state index in [0.717, 1.165) is 0 Å². The standard InChI is InChI=1S/C20H25N3O5S/c1-4-21-19(24)14(3)22-20(25)15-7-6-8-16(13-15)23-29(26,27)18-11-9-17(10-12-18)28-5-2/h6-14,23H,4-5H2,1-3H3,(H,21,24)(H,22,25)/t14-/m0/s1. The molecule has 0 radical (unpaired) electrons. The molecule has 9 heteroatoms. The van der Waals surface area contributed by atoms with Crippen molar-refractivity contribution in [2.45, 2.75) is 31.7 Å². The molecule has 1 atom stereocenters. The van der Waals surface area contributed by atoms with Crippen molar-refractivity contribution in [2.75, 3.05) is 17.9 Å². The first-order valence-electron chi connectivity index (χ1n) is 9.21. The van der Waals surface area contributed by atoms with E-state index in [-0.39, 0.29) is 22.1 Å². The maximum atomic E-state index is 12.6. The minimum Gasteiger partial charge on any atom is -0.494 e. The second-order valence-corrected chi connectivity index (χ2v) is 7.86. The van der Waals surface area contributed by atoms with Crippen LogP contribution in [0.25, 0.3) is 0 Å². The van der Waals surface area contributed by atoms with Crippen LogP contribution in [0.1, 0.15) is 31.1 Å². The molecule has 8 nitrogen and oxygen atoms in total. The van der Waals surface area contributed by atoms with Gasteiger partial charge in [0.05, 0.1) is 11.5 Å². The van der Waals surface area contributed by atoms with E-state index in [1.165, 1.54) is 30.3 Å². The Labute approximate surface area is 170 Å². The van der Waals surface area contributed by atoms with Gasteiger partial charge in [-0.2, -0.15) is 0 Å². The molecule has 0 heterocycles. The highest BCUT2D eigenvalue weighted by molar-refractivity contribution is 7.92. The van der Waals surface area contributed by atoms with E-state index in [4.69, 9.17) is 4.74 Å². The Balaban J connectivity index is 2.12. The summed E-state index contributed by atoms with van der Waals surface area (Å²) >= 11 is 0. The Morgan fingerprint density at radius 3 is 2.38 bits per heavy atom. The molecule has 2 amide bonds. The van der Waals surface area contributed by atoms with Gasteiger partial charge < -0.3 is 15.4 Å². The Morgan fingerprint density at radius 1 is 1.07 bits per heavy atom. The number of benzene rings is 2. The van der Waals surface area contributed by atoms with Crippen molar-refractivity contribution in [1.29, 1.82) is 0 Å². The van der Waals surface area contributed by atoms with E-state index in [1.807, 2.05) is 6.92 Å². The van der Waals surface area contributed by atoms with Crippen molar-refractivity contribution in [2.24, 2.45) is 0 Å². The summed E-state index contributed by atoms with van der Waals surface area (Å²) in [6, 6.07) is 11.4. The van der Waals surface area contributed by atoms with Crippen LogP contribution in [0, 0.1) is 0 Å². The summed E-state index contributed by atoms with van der Waals surface area (Å²) in [6.07, 6.45) is 0. The highest BCUT2D eigenvalue weighted by atomic mass is 32.2. The van der Waals surface area contributed by atoms with Crippen LogP contribution >= 0.6 is 0 Å². The maximum absolute atomic E-state index is 12.6. The predicted molar refractivity (Wildman–Crippen MR) is 110 cm³/mol. The zero-order valence-corrected chi connectivity index (χ0v) is 17.4. The third-order valence-corrected chi connectivity index (χ3v) is 5.31. The highest BCUT2D eigenvalue weighted by Crippen LogP contribution is 2.20. The summed E-state index contributed by atoms with van der Waals surface area (Å²) in [6.45, 7) is 6.14. The summed E-state index contributed by atoms with van der Waals surface area (Å²) in [5, 5.41) is 5.20. The molecule has 0 aliphatic carbocycles. The van der Waals surface area contributed by atoms with Crippen molar-refractivity contribution in [3.8, 4) is 5.75 Å². The molecule has 2 aromatic rings. The molecule has 0 spiro atoms. The molecule has 0 saturated heterocycles. The molecule has 0 aliphatic heterocycles. The number of carbonyl (C=O) groups excluding carboxylic acids is 2. The van der Waals surface area contributed by atoms with Gasteiger partial charge in [0.25, 0.3) is 15.9 Å². The SMILES string of the molecule is CCNC(=O)[C@H](C)NC(=O)c1cccc(NS(=O)(=O)c2ccc(OCC)cc2)c1. The minimum atomic E-state index is -3.83. The van der Waals surface area contributed by atoms with Gasteiger partial charge in [-0.15, -0.1) is 0 Å². The molecule has 0 aliphatic rings. The summed E-state index contributed by atoms with van der Waals surface area (Å²) in [4.78, 5) is 24.2. The Hall–Kier alpha value is -3.07. The lowest BCUT2D eigenvalue weighted by atomic mass is 10.2. The van der Waals surface area contributed by atoms with E-state index < -0.39 is 22.0 Å². The van der Waals surface area contributed by atoms with Gasteiger partial charge in [-0.05, 0) is 63.2 Å². The lowest BCUT2D eigenvalue weighted by Gasteiger charge is -2.14. The summed E-state index contributed by atoms with van der Waals surface area (Å²) in [7, 11) is -3.83. The van der Waals surface area contributed by atoms with Crippen LogP contribution in [0.5, 0.6) is 5.75 Å². The van der Waals surface area contributed by atoms with Crippen molar-refractivity contribution < 1.29 is 22.7 Å². The lowest BCUT2D eigenvalue weighted by Crippen LogP contribution is -2.44. The first-order chi connectivity index (χ1) is 13.8. The predicted octanol–water partition coefficient (Wildman–Crippen LogP) is 2.14. The summed E-state index contributed by atoms with van der Waals surface area (Å²) < 4.78 is 32.9. The van der Waals surface area contributed by atoms with Crippen LogP contribution < -0.4 is 20.1 Å². The molecule has 0 unspecified atom stereocenters. The number of ether oxygens (including phenoxy) is 1. The normalized spacial score (nSPS) is 12.0. The number of rotatable bonds is 9. The van der Waals surface area contributed by atoms with Gasteiger partial charge in [0.2, 0.25) is 5.91 Å². The van der Waals surface area contributed by atoms with Crippen LogP contribution in [0.15, 0.2) is 53.4 Å². The lowest BCUT2D eigenvalue weighted by molar-refractivity contribution is -0.122. The summed E-state index contributed by atoms with van der Waals surface area (Å²) in [5.41, 5.74) is 0.463. The summed E-state index contributed by atoms with van der Waals surface area (Å²) in [5.74, 6) is -0.203. The van der Waals surface area contributed by atoms with Crippen LogP contribution in [0.2, 0.25) is 0 Å². The van der Waals surface area contributed by atoms with Crippen LogP contribution in [-0.4, -0.2) is 39.4 Å². The number of sulfonamides is 1. The fourth-order valence-electron chi connectivity index (χ4n) is 2.49. The fraction of sp³-hybridized carbons (Fsp3) is 0.300. The Bertz CT molecular complexity index is 958. The van der Waals surface area contributed by atoms with E-state index in [2.05, 4.69) is 15.4 Å². The van der Waals surface area contributed by atoms with Crippen LogP contribution in [0.4, 0.5) is 5.69 Å². The van der Waals surface area contributed by atoms with Crippen molar-refractivity contribution in [3.63, 3.8) is 0 Å². The molecule has 0 fully saturated rings. The first-order valence-corrected chi connectivity index (χ1v) is 10.7. The Kier molecular flexibility index (Phi) is 7.60. The van der Waals surface area contributed by atoms with E-state index in [0.29, 0.717) is 18.9 Å². The Morgan fingerprint density at radius 2 is 1.76 bits per heavy atom. The van der Waals surface area contributed by atoms with Crippen molar-refractivity contribution in [1.82, 2.24) is 10.6 Å². The van der Waals surface area contributed by atoms with E-state index in [1.54, 1.807) is 32.0 Å². The number of carbonyl (C=O) groups is 2. The van der Waals surface area contributed by atoms with Gasteiger partial charge in [-0.1, -0.05) is 6.07 Å². The average Bonchev–Trinajstić information content (AvgIpc) is 2.68.